The van der Waals surface area contributed by atoms with Gasteiger partial charge >= 0.3 is 0 Å². The Labute approximate surface area is 75.1 Å². The molecule has 1 aliphatic heterocycles. The van der Waals surface area contributed by atoms with Gasteiger partial charge in [-0.2, -0.15) is 0 Å². The van der Waals surface area contributed by atoms with Crippen molar-refractivity contribution in [3.05, 3.63) is 24.1 Å². The summed E-state index contributed by atoms with van der Waals surface area (Å²) in [5.74, 6) is 0.969. The summed E-state index contributed by atoms with van der Waals surface area (Å²) in [7, 11) is 0. The second-order valence-corrected chi connectivity index (χ2v) is 3.07. The van der Waals surface area contributed by atoms with Gasteiger partial charge in [-0.3, -0.25) is 9.98 Å². The number of fused-ring (bicyclic) bond motifs is 3. The number of nitrogens with zero attached hydrogens (tertiary/aromatic N) is 2. The van der Waals surface area contributed by atoms with Crippen LogP contribution in [0.1, 0.15) is 12.2 Å². The van der Waals surface area contributed by atoms with Gasteiger partial charge in [0.1, 0.15) is 17.0 Å². The van der Waals surface area contributed by atoms with E-state index in [0.717, 1.165) is 35.4 Å². The van der Waals surface area contributed by atoms with Crippen LogP contribution in [0.15, 0.2) is 27.7 Å². The summed E-state index contributed by atoms with van der Waals surface area (Å²) < 4.78 is 5.61. The number of aliphatic imine (C=N–C) groups is 1. The third-order valence-electron chi connectivity index (χ3n) is 2.21. The van der Waals surface area contributed by atoms with Crippen LogP contribution in [0.25, 0.3) is 11.1 Å². The van der Waals surface area contributed by atoms with Crippen molar-refractivity contribution in [3.63, 3.8) is 0 Å². The average molecular weight is 172 g/mol. The zero-order chi connectivity index (χ0) is 8.67. The van der Waals surface area contributed by atoms with Crippen molar-refractivity contribution in [1.82, 2.24) is 4.98 Å². The smallest absolute Gasteiger partial charge is 0.155 e. The van der Waals surface area contributed by atoms with Crippen molar-refractivity contribution in [3.8, 4) is 0 Å². The Hall–Kier alpha value is -1.64. The van der Waals surface area contributed by atoms with Crippen LogP contribution in [0.5, 0.6) is 0 Å². The Morgan fingerprint density at radius 2 is 2.38 bits per heavy atom. The first-order valence-electron chi connectivity index (χ1n) is 4.34. The van der Waals surface area contributed by atoms with Crippen LogP contribution in [0.4, 0.5) is 5.69 Å². The van der Waals surface area contributed by atoms with E-state index in [2.05, 4.69) is 9.98 Å². The molecule has 0 bridgehead atoms. The SMILES string of the molecule is C1=Nc2c(oc3cccnc23)CC1. The molecule has 0 fully saturated rings. The van der Waals surface area contributed by atoms with Crippen LogP contribution in [-0.4, -0.2) is 11.2 Å². The lowest BCUT2D eigenvalue weighted by Gasteiger charge is -1.99. The van der Waals surface area contributed by atoms with Crippen molar-refractivity contribution in [2.75, 3.05) is 0 Å². The minimum Gasteiger partial charge on any atom is -0.457 e. The van der Waals surface area contributed by atoms with Gasteiger partial charge in [0.15, 0.2) is 5.58 Å². The van der Waals surface area contributed by atoms with Crippen molar-refractivity contribution in [2.24, 2.45) is 4.99 Å². The highest BCUT2D eigenvalue weighted by molar-refractivity contribution is 5.89. The van der Waals surface area contributed by atoms with Gasteiger partial charge in [0.25, 0.3) is 0 Å². The van der Waals surface area contributed by atoms with Crippen LogP contribution in [0.2, 0.25) is 0 Å². The van der Waals surface area contributed by atoms with Gasteiger partial charge < -0.3 is 4.42 Å². The molecule has 0 amide bonds. The van der Waals surface area contributed by atoms with E-state index in [0.29, 0.717) is 0 Å². The number of aromatic nitrogens is 1. The highest BCUT2D eigenvalue weighted by atomic mass is 16.3. The second-order valence-electron chi connectivity index (χ2n) is 3.07. The van der Waals surface area contributed by atoms with E-state index in [1.807, 2.05) is 18.3 Å². The summed E-state index contributed by atoms with van der Waals surface area (Å²) in [6, 6.07) is 3.80. The average Bonchev–Trinajstić information content (AvgIpc) is 2.56. The first-order valence-corrected chi connectivity index (χ1v) is 4.34. The van der Waals surface area contributed by atoms with Crippen molar-refractivity contribution in [2.45, 2.75) is 12.8 Å². The summed E-state index contributed by atoms with van der Waals surface area (Å²) in [5.41, 5.74) is 2.64. The minimum absolute atomic E-state index is 0.839. The molecule has 3 nitrogen and oxygen atoms in total. The molecule has 0 saturated carbocycles. The Kier molecular flexibility index (Phi) is 1.27. The molecule has 0 aliphatic carbocycles. The number of rotatable bonds is 0. The first-order chi connectivity index (χ1) is 6.45. The van der Waals surface area contributed by atoms with Gasteiger partial charge in [0.2, 0.25) is 0 Å². The molecule has 3 heteroatoms. The summed E-state index contributed by atoms with van der Waals surface area (Å²) in [5, 5.41) is 0. The molecule has 1 aliphatic rings. The van der Waals surface area contributed by atoms with E-state index >= 15 is 0 Å². The van der Waals surface area contributed by atoms with E-state index < -0.39 is 0 Å². The van der Waals surface area contributed by atoms with Crippen molar-refractivity contribution >= 4 is 23.0 Å². The van der Waals surface area contributed by atoms with E-state index in [4.69, 9.17) is 4.42 Å². The second kappa shape index (κ2) is 2.42. The molecule has 0 aromatic carbocycles. The molecule has 0 N–H and O–H groups in total. The molecule has 2 aromatic rings. The number of aryl methyl sites for hydroxylation is 1. The normalized spacial score (nSPS) is 14.8. The van der Waals surface area contributed by atoms with Crippen LogP contribution in [0, 0.1) is 0 Å². The molecule has 2 aromatic heterocycles. The summed E-state index contributed by atoms with van der Waals surface area (Å²) in [6.45, 7) is 0. The third kappa shape index (κ3) is 0.900. The zero-order valence-electron chi connectivity index (χ0n) is 7.03. The maximum absolute atomic E-state index is 5.61. The van der Waals surface area contributed by atoms with Crippen LogP contribution in [0.3, 0.4) is 0 Å². The van der Waals surface area contributed by atoms with Gasteiger partial charge in [-0.05, 0) is 18.6 Å². The molecular formula is C10H8N2O. The maximum Gasteiger partial charge on any atom is 0.155 e. The standard InChI is InChI=1S/C10H8N2O/c1-3-7-9(11-5-1)10-8(13-7)4-2-6-12-10/h1,3,5-6H,2,4H2. The topological polar surface area (TPSA) is 38.4 Å². The first kappa shape index (κ1) is 6.83. The summed E-state index contributed by atoms with van der Waals surface area (Å²) in [4.78, 5) is 8.55. The molecule has 0 unspecified atom stereocenters. The van der Waals surface area contributed by atoms with Crippen LogP contribution < -0.4 is 0 Å². The highest BCUT2D eigenvalue weighted by Gasteiger charge is 2.15. The summed E-state index contributed by atoms with van der Waals surface area (Å²) >= 11 is 0. The lowest BCUT2D eigenvalue weighted by molar-refractivity contribution is 0.551. The quantitative estimate of drug-likeness (QED) is 0.612. The Bertz CT molecular complexity index is 485. The fourth-order valence-electron chi connectivity index (χ4n) is 1.62. The number of pyridine rings is 1. The molecule has 0 spiro atoms. The van der Waals surface area contributed by atoms with E-state index in [-0.39, 0.29) is 0 Å². The van der Waals surface area contributed by atoms with Crippen LogP contribution in [-0.2, 0) is 6.42 Å². The Morgan fingerprint density at radius 3 is 3.38 bits per heavy atom. The van der Waals surface area contributed by atoms with Crippen molar-refractivity contribution < 1.29 is 4.42 Å². The molecular weight excluding hydrogens is 164 g/mol. The van der Waals surface area contributed by atoms with Crippen molar-refractivity contribution in [1.29, 1.82) is 0 Å². The predicted octanol–water partition coefficient (Wildman–Crippen LogP) is 2.48. The lowest BCUT2D eigenvalue weighted by Crippen LogP contribution is -1.89. The highest BCUT2D eigenvalue weighted by Crippen LogP contribution is 2.33. The maximum atomic E-state index is 5.61. The molecule has 13 heavy (non-hydrogen) atoms. The Balaban J connectivity index is 2.42. The third-order valence-corrected chi connectivity index (χ3v) is 2.21. The molecule has 3 heterocycles. The van der Waals surface area contributed by atoms with Gasteiger partial charge in [0, 0.05) is 18.8 Å². The minimum atomic E-state index is 0.839. The lowest BCUT2D eigenvalue weighted by atomic mass is 10.2. The van der Waals surface area contributed by atoms with Crippen LogP contribution >= 0.6 is 0 Å². The number of furan rings is 1. The molecule has 3 rings (SSSR count). The van der Waals surface area contributed by atoms with Gasteiger partial charge in [0.05, 0.1) is 0 Å². The molecule has 0 radical (unpaired) electrons. The van der Waals surface area contributed by atoms with Gasteiger partial charge in [-0.15, -0.1) is 0 Å². The summed E-state index contributed by atoms with van der Waals surface area (Å²) in [6.07, 6.45) is 5.59. The van der Waals surface area contributed by atoms with Gasteiger partial charge in [-0.25, -0.2) is 0 Å². The van der Waals surface area contributed by atoms with E-state index in [1.54, 1.807) is 6.20 Å². The monoisotopic (exact) mass is 172 g/mol. The number of hydrogen-bond donors (Lipinski definition) is 0. The van der Waals surface area contributed by atoms with Gasteiger partial charge in [-0.1, -0.05) is 0 Å². The fourth-order valence-corrected chi connectivity index (χ4v) is 1.62. The largest absolute Gasteiger partial charge is 0.457 e. The fraction of sp³-hybridized carbons (Fsp3) is 0.200. The molecule has 0 saturated heterocycles. The molecule has 0 atom stereocenters. The predicted molar refractivity (Wildman–Crippen MR) is 50.5 cm³/mol. The molecule has 64 valence electrons. The Morgan fingerprint density at radius 1 is 1.38 bits per heavy atom. The van der Waals surface area contributed by atoms with E-state index in [9.17, 15) is 0 Å². The van der Waals surface area contributed by atoms with E-state index in [1.165, 1.54) is 0 Å². The number of hydrogen-bond acceptors (Lipinski definition) is 3. The zero-order valence-corrected chi connectivity index (χ0v) is 7.03.